The molecule has 2 aromatic carbocycles. The molecule has 0 saturated carbocycles. The maximum atomic E-state index is 13.7. The molecular weight excluding hydrogens is 327 g/mol. The number of hydrogen-bond donors (Lipinski definition) is 0. The second kappa shape index (κ2) is 6.53. The van der Waals surface area contributed by atoms with Crippen LogP contribution in [0.1, 0.15) is 22.9 Å². The molecule has 0 spiro atoms. The second-order valence-corrected chi connectivity index (χ2v) is 6.15. The zero-order valence-corrected chi connectivity index (χ0v) is 13.0. The fourth-order valence-electron chi connectivity index (χ4n) is 2.12. The topological polar surface area (TPSA) is 0 Å². The molecule has 0 aliphatic carbocycles. The maximum absolute atomic E-state index is 13.7. The van der Waals surface area contributed by atoms with Crippen molar-refractivity contribution in [1.82, 2.24) is 0 Å². The van der Waals surface area contributed by atoms with E-state index in [2.05, 4.69) is 35.0 Å². The van der Waals surface area contributed by atoms with E-state index in [-0.39, 0.29) is 16.6 Å². The highest BCUT2D eigenvalue weighted by Crippen LogP contribution is 2.33. The molecule has 0 amide bonds. The molecule has 100 valence electrons. The molecule has 0 aliphatic rings. The number of halogens is 3. The van der Waals surface area contributed by atoms with Crippen LogP contribution in [0.2, 0.25) is 5.02 Å². The van der Waals surface area contributed by atoms with Crippen molar-refractivity contribution >= 4 is 27.5 Å². The van der Waals surface area contributed by atoms with Crippen LogP contribution in [0.15, 0.2) is 48.5 Å². The zero-order valence-electron chi connectivity index (χ0n) is 10.6. The van der Waals surface area contributed by atoms with E-state index in [1.165, 1.54) is 11.6 Å². The molecule has 0 nitrogen and oxygen atoms in total. The lowest BCUT2D eigenvalue weighted by molar-refractivity contribution is 0.539. The Morgan fingerprint density at radius 1 is 1.16 bits per heavy atom. The summed E-state index contributed by atoms with van der Waals surface area (Å²) < 4.78 is 13.7. The van der Waals surface area contributed by atoms with Gasteiger partial charge in [-0.2, -0.15) is 0 Å². The van der Waals surface area contributed by atoms with Crippen molar-refractivity contribution in [3.8, 4) is 0 Å². The van der Waals surface area contributed by atoms with Crippen molar-refractivity contribution in [3.63, 3.8) is 0 Å². The largest absolute Gasteiger partial charge is 0.207 e. The second-order valence-electron chi connectivity index (χ2n) is 4.73. The lowest BCUT2D eigenvalue weighted by Crippen LogP contribution is -2.08. The fraction of sp³-hybridized carbons (Fsp3) is 0.250. The smallest absolute Gasteiger partial charge is 0.126 e. The van der Waals surface area contributed by atoms with Crippen molar-refractivity contribution < 1.29 is 4.39 Å². The summed E-state index contributed by atoms with van der Waals surface area (Å²) in [5.41, 5.74) is 1.87. The lowest BCUT2D eigenvalue weighted by atomic mass is 9.94. The SMILES string of the molecule is CC(Cc1cc(Cl)ccc1F)C(Br)c1ccccc1. The van der Waals surface area contributed by atoms with E-state index in [0.29, 0.717) is 17.0 Å². The molecule has 0 aromatic heterocycles. The summed E-state index contributed by atoms with van der Waals surface area (Å²) in [6.45, 7) is 2.10. The molecule has 2 aromatic rings. The average Bonchev–Trinajstić information content (AvgIpc) is 2.43. The van der Waals surface area contributed by atoms with E-state index >= 15 is 0 Å². The molecule has 2 rings (SSSR count). The Balaban J connectivity index is 2.12. The predicted octanol–water partition coefficient (Wildman–Crippen LogP) is 5.79. The standard InChI is InChI=1S/C16H15BrClF/c1-11(16(17)12-5-3-2-4-6-12)9-13-10-14(18)7-8-15(13)19/h2-8,10-11,16H,9H2,1H3. The molecule has 0 aliphatic heterocycles. The minimum Gasteiger partial charge on any atom is -0.207 e. The van der Waals surface area contributed by atoms with E-state index in [0.717, 1.165) is 0 Å². The molecule has 2 atom stereocenters. The predicted molar refractivity (Wildman–Crippen MR) is 82.4 cm³/mol. The molecule has 2 unspecified atom stereocenters. The molecular formula is C16H15BrClF. The summed E-state index contributed by atoms with van der Waals surface area (Å²) >= 11 is 9.61. The Bertz CT molecular complexity index is 542. The van der Waals surface area contributed by atoms with Gasteiger partial charge in [0.2, 0.25) is 0 Å². The van der Waals surface area contributed by atoms with Gasteiger partial charge in [0.25, 0.3) is 0 Å². The highest BCUT2D eigenvalue weighted by atomic mass is 79.9. The van der Waals surface area contributed by atoms with E-state index < -0.39 is 0 Å². The molecule has 0 saturated heterocycles. The van der Waals surface area contributed by atoms with Crippen LogP contribution in [0, 0.1) is 11.7 Å². The van der Waals surface area contributed by atoms with Crippen molar-refractivity contribution in [2.45, 2.75) is 18.2 Å². The molecule has 19 heavy (non-hydrogen) atoms. The third kappa shape index (κ3) is 3.80. The van der Waals surface area contributed by atoms with Gasteiger partial charge >= 0.3 is 0 Å². The third-order valence-corrected chi connectivity index (χ3v) is 4.83. The van der Waals surface area contributed by atoms with Crippen LogP contribution >= 0.6 is 27.5 Å². The van der Waals surface area contributed by atoms with Gasteiger partial charge in [0.15, 0.2) is 0 Å². The Morgan fingerprint density at radius 3 is 2.53 bits per heavy atom. The van der Waals surface area contributed by atoms with Gasteiger partial charge in [0, 0.05) is 9.85 Å². The maximum Gasteiger partial charge on any atom is 0.126 e. The molecule has 3 heteroatoms. The van der Waals surface area contributed by atoms with Gasteiger partial charge in [-0.05, 0) is 41.7 Å². The minimum absolute atomic E-state index is 0.191. The molecule has 0 N–H and O–H groups in total. The van der Waals surface area contributed by atoms with Crippen LogP contribution in [-0.4, -0.2) is 0 Å². The van der Waals surface area contributed by atoms with E-state index in [9.17, 15) is 4.39 Å². The van der Waals surface area contributed by atoms with Crippen molar-refractivity contribution in [2.75, 3.05) is 0 Å². The number of benzene rings is 2. The molecule has 0 radical (unpaired) electrons. The normalized spacial score (nSPS) is 14.1. The monoisotopic (exact) mass is 340 g/mol. The van der Waals surface area contributed by atoms with Crippen LogP contribution in [-0.2, 0) is 6.42 Å². The quantitative estimate of drug-likeness (QED) is 0.617. The van der Waals surface area contributed by atoms with Gasteiger partial charge in [-0.1, -0.05) is 64.8 Å². The minimum atomic E-state index is -0.191. The number of hydrogen-bond acceptors (Lipinski definition) is 0. The van der Waals surface area contributed by atoms with Gasteiger partial charge in [0.1, 0.15) is 5.82 Å². The average molecular weight is 342 g/mol. The Kier molecular flexibility index (Phi) is 5.00. The molecule has 0 heterocycles. The van der Waals surface area contributed by atoms with E-state index in [4.69, 9.17) is 11.6 Å². The third-order valence-electron chi connectivity index (χ3n) is 3.17. The number of rotatable bonds is 4. The van der Waals surface area contributed by atoms with Crippen molar-refractivity contribution in [2.24, 2.45) is 5.92 Å². The first-order chi connectivity index (χ1) is 9.08. The van der Waals surface area contributed by atoms with Gasteiger partial charge in [-0.25, -0.2) is 4.39 Å². The highest BCUT2D eigenvalue weighted by molar-refractivity contribution is 9.09. The highest BCUT2D eigenvalue weighted by Gasteiger charge is 2.18. The lowest BCUT2D eigenvalue weighted by Gasteiger charge is -2.19. The van der Waals surface area contributed by atoms with Crippen LogP contribution in [0.3, 0.4) is 0 Å². The van der Waals surface area contributed by atoms with Gasteiger partial charge in [-0.15, -0.1) is 0 Å². The van der Waals surface area contributed by atoms with Gasteiger partial charge in [0.05, 0.1) is 0 Å². The van der Waals surface area contributed by atoms with Crippen LogP contribution in [0.25, 0.3) is 0 Å². The summed E-state index contributed by atoms with van der Waals surface area (Å²) in [5, 5.41) is 0.578. The number of alkyl halides is 1. The summed E-state index contributed by atoms with van der Waals surface area (Å²) in [5.74, 6) is 0.0828. The first-order valence-corrected chi connectivity index (χ1v) is 7.50. The summed E-state index contributed by atoms with van der Waals surface area (Å²) in [6, 6.07) is 14.9. The summed E-state index contributed by atoms with van der Waals surface area (Å²) in [7, 11) is 0. The summed E-state index contributed by atoms with van der Waals surface area (Å²) in [6.07, 6.45) is 0.650. The van der Waals surface area contributed by atoms with Gasteiger partial charge < -0.3 is 0 Å². The molecule has 0 fully saturated rings. The Morgan fingerprint density at radius 2 is 1.84 bits per heavy atom. The first kappa shape index (κ1) is 14.5. The van der Waals surface area contributed by atoms with E-state index in [1.807, 2.05) is 18.2 Å². The van der Waals surface area contributed by atoms with Crippen LogP contribution in [0.5, 0.6) is 0 Å². The summed E-state index contributed by atoms with van der Waals surface area (Å²) in [4.78, 5) is 0.201. The van der Waals surface area contributed by atoms with Crippen LogP contribution in [0.4, 0.5) is 4.39 Å². The fourth-order valence-corrected chi connectivity index (χ4v) is 2.80. The van der Waals surface area contributed by atoms with Crippen molar-refractivity contribution in [1.29, 1.82) is 0 Å². The first-order valence-electron chi connectivity index (χ1n) is 6.21. The Hall–Kier alpha value is -0.860. The van der Waals surface area contributed by atoms with Crippen molar-refractivity contribution in [3.05, 3.63) is 70.5 Å². The molecule has 0 bridgehead atoms. The zero-order chi connectivity index (χ0) is 13.8. The van der Waals surface area contributed by atoms with Gasteiger partial charge in [-0.3, -0.25) is 0 Å². The Labute approximate surface area is 126 Å². The van der Waals surface area contributed by atoms with E-state index in [1.54, 1.807) is 12.1 Å². The van der Waals surface area contributed by atoms with Crippen LogP contribution < -0.4 is 0 Å².